The zero-order valence-electron chi connectivity index (χ0n) is 16.1. The van der Waals surface area contributed by atoms with E-state index in [1.807, 2.05) is 72.9 Å². The van der Waals surface area contributed by atoms with Gasteiger partial charge in [0.1, 0.15) is 12.4 Å². The maximum Gasteiger partial charge on any atom is 0.407 e. The van der Waals surface area contributed by atoms with Gasteiger partial charge in [-0.3, -0.25) is 0 Å². The van der Waals surface area contributed by atoms with Crippen LogP contribution in [-0.2, 0) is 17.9 Å². The number of para-hydroxylation sites is 2. The fourth-order valence-electron chi connectivity index (χ4n) is 2.54. The highest BCUT2D eigenvalue weighted by molar-refractivity contribution is 5.81. The SMILES string of the molecule is N#CNC(=Nc1ccccc1CNC(=O)OCc1ccccc1)Oc1ccccc1. The molecule has 0 saturated carbocycles. The van der Waals surface area contributed by atoms with Gasteiger partial charge in [0.2, 0.25) is 0 Å². The second-order valence-corrected chi connectivity index (χ2v) is 6.11. The first-order valence-corrected chi connectivity index (χ1v) is 9.24. The molecule has 0 bridgehead atoms. The number of benzene rings is 3. The van der Waals surface area contributed by atoms with Gasteiger partial charge in [0.05, 0.1) is 5.69 Å². The smallest absolute Gasteiger partial charge is 0.407 e. The number of ether oxygens (including phenoxy) is 2. The van der Waals surface area contributed by atoms with Crippen molar-refractivity contribution in [3.63, 3.8) is 0 Å². The van der Waals surface area contributed by atoms with Crippen LogP contribution < -0.4 is 15.4 Å². The molecule has 0 aromatic heterocycles. The lowest BCUT2D eigenvalue weighted by Crippen LogP contribution is -2.25. The predicted octanol–water partition coefficient (Wildman–Crippen LogP) is 4.25. The molecule has 3 aromatic carbocycles. The molecule has 0 aliphatic rings. The Kier molecular flexibility index (Phi) is 7.41. The Labute approximate surface area is 174 Å². The minimum atomic E-state index is -0.534. The Morgan fingerprint density at radius 1 is 0.933 bits per heavy atom. The standard InChI is InChI=1S/C23H20N4O3/c24-17-26-22(30-20-12-5-2-6-13-20)27-21-14-8-7-11-19(21)15-25-23(28)29-16-18-9-3-1-4-10-18/h1-14H,15-16H2,(H,25,28)(H,26,27). The molecule has 0 atom stereocenters. The molecule has 7 nitrogen and oxygen atoms in total. The fourth-order valence-corrected chi connectivity index (χ4v) is 2.54. The van der Waals surface area contributed by atoms with E-state index in [-0.39, 0.29) is 19.2 Å². The largest absolute Gasteiger partial charge is 0.445 e. The van der Waals surface area contributed by atoms with E-state index >= 15 is 0 Å². The molecule has 0 fully saturated rings. The number of rotatable bonds is 6. The number of carbonyl (C=O) groups is 1. The van der Waals surface area contributed by atoms with Crippen LogP contribution in [-0.4, -0.2) is 12.1 Å². The first-order chi connectivity index (χ1) is 14.7. The highest BCUT2D eigenvalue weighted by Gasteiger charge is 2.08. The molecule has 0 saturated heterocycles. The summed E-state index contributed by atoms with van der Waals surface area (Å²) in [5, 5.41) is 14.1. The topological polar surface area (TPSA) is 95.7 Å². The van der Waals surface area contributed by atoms with E-state index in [1.54, 1.807) is 18.2 Å². The van der Waals surface area contributed by atoms with E-state index < -0.39 is 6.09 Å². The number of amides is 1. The lowest BCUT2D eigenvalue weighted by Gasteiger charge is -2.10. The van der Waals surface area contributed by atoms with Gasteiger partial charge < -0.3 is 14.8 Å². The number of amidine groups is 1. The summed E-state index contributed by atoms with van der Waals surface area (Å²) >= 11 is 0. The Morgan fingerprint density at radius 2 is 1.60 bits per heavy atom. The summed E-state index contributed by atoms with van der Waals surface area (Å²) in [6.07, 6.45) is 1.28. The third-order valence-electron chi connectivity index (χ3n) is 3.97. The van der Waals surface area contributed by atoms with Crippen LogP contribution in [0.2, 0.25) is 0 Å². The molecule has 0 radical (unpaired) electrons. The van der Waals surface area contributed by atoms with Gasteiger partial charge in [-0.1, -0.05) is 66.7 Å². The molecule has 0 spiro atoms. The van der Waals surface area contributed by atoms with Gasteiger partial charge in [0.25, 0.3) is 0 Å². The van der Waals surface area contributed by atoms with Gasteiger partial charge in [-0.05, 0) is 29.3 Å². The minimum absolute atomic E-state index is 0.0304. The molecule has 1 amide bonds. The number of hydrogen-bond donors (Lipinski definition) is 2. The molecular formula is C23H20N4O3. The normalized spacial score (nSPS) is 10.6. The lowest BCUT2D eigenvalue weighted by atomic mass is 10.2. The van der Waals surface area contributed by atoms with E-state index in [4.69, 9.17) is 14.7 Å². The summed E-state index contributed by atoms with van der Waals surface area (Å²) in [4.78, 5) is 16.4. The van der Waals surface area contributed by atoms with E-state index in [0.29, 0.717) is 11.4 Å². The van der Waals surface area contributed by atoms with Crippen molar-refractivity contribution in [2.45, 2.75) is 13.2 Å². The van der Waals surface area contributed by atoms with Gasteiger partial charge in [-0.2, -0.15) is 10.3 Å². The van der Waals surface area contributed by atoms with Gasteiger partial charge in [0, 0.05) is 6.54 Å². The quantitative estimate of drug-likeness (QED) is 0.279. The average Bonchev–Trinajstić information content (AvgIpc) is 2.78. The first-order valence-electron chi connectivity index (χ1n) is 9.24. The van der Waals surface area contributed by atoms with Crippen molar-refractivity contribution < 1.29 is 14.3 Å². The second-order valence-electron chi connectivity index (χ2n) is 6.11. The fraction of sp³-hybridized carbons (Fsp3) is 0.0870. The molecule has 3 aromatic rings. The molecule has 2 N–H and O–H groups in total. The number of carbonyl (C=O) groups excluding carboxylic acids is 1. The number of alkyl carbamates (subject to hydrolysis) is 1. The Hall–Kier alpha value is -4.31. The Morgan fingerprint density at radius 3 is 2.33 bits per heavy atom. The number of nitriles is 1. The Bertz CT molecular complexity index is 1030. The summed E-state index contributed by atoms with van der Waals surface area (Å²) < 4.78 is 10.9. The van der Waals surface area contributed by atoms with Crippen LogP contribution in [0.3, 0.4) is 0 Å². The first kappa shape index (κ1) is 20.4. The van der Waals surface area contributed by atoms with Crippen molar-refractivity contribution in [1.29, 1.82) is 5.26 Å². The van der Waals surface area contributed by atoms with Gasteiger partial charge in [-0.25, -0.2) is 10.1 Å². The highest BCUT2D eigenvalue weighted by Crippen LogP contribution is 2.19. The summed E-state index contributed by atoms with van der Waals surface area (Å²) in [5.74, 6) is 0.541. The minimum Gasteiger partial charge on any atom is -0.445 e. The zero-order valence-corrected chi connectivity index (χ0v) is 16.1. The van der Waals surface area contributed by atoms with E-state index in [1.165, 1.54) is 0 Å². The van der Waals surface area contributed by atoms with Crippen LogP contribution in [0, 0.1) is 11.5 Å². The van der Waals surface area contributed by atoms with Crippen molar-refractivity contribution >= 4 is 17.8 Å². The van der Waals surface area contributed by atoms with E-state index in [0.717, 1.165) is 11.1 Å². The van der Waals surface area contributed by atoms with Crippen LogP contribution >= 0.6 is 0 Å². The third-order valence-corrected chi connectivity index (χ3v) is 3.97. The average molecular weight is 400 g/mol. The maximum atomic E-state index is 12.0. The van der Waals surface area contributed by atoms with Gasteiger partial charge >= 0.3 is 12.1 Å². The number of nitrogens with zero attached hydrogens (tertiary/aromatic N) is 2. The van der Waals surface area contributed by atoms with Crippen molar-refractivity contribution in [1.82, 2.24) is 10.6 Å². The van der Waals surface area contributed by atoms with Crippen LogP contribution in [0.5, 0.6) is 5.75 Å². The number of hydrogen-bond acceptors (Lipinski definition) is 5. The molecular weight excluding hydrogens is 380 g/mol. The molecule has 0 heterocycles. The van der Waals surface area contributed by atoms with Crippen LogP contribution in [0.1, 0.15) is 11.1 Å². The van der Waals surface area contributed by atoms with Crippen LogP contribution in [0.15, 0.2) is 89.9 Å². The molecule has 0 unspecified atom stereocenters. The van der Waals surface area contributed by atoms with Gasteiger partial charge in [0.15, 0.2) is 6.19 Å². The molecule has 0 aliphatic carbocycles. The van der Waals surface area contributed by atoms with E-state index in [2.05, 4.69) is 15.6 Å². The number of aliphatic imine (C=N–C) groups is 1. The summed E-state index contributed by atoms with van der Waals surface area (Å²) in [6.45, 7) is 0.395. The monoisotopic (exact) mass is 400 g/mol. The summed E-state index contributed by atoms with van der Waals surface area (Å²) in [7, 11) is 0. The van der Waals surface area contributed by atoms with E-state index in [9.17, 15) is 4.79 Å². The Balaban J connectivity index is 1.64. The molecule has 7 heteroatoms. The van der Waals surface area contributed by atoms with Crippen molar-refractivity contribution in [2.24, 2.45) is 4.99 Å². The summed E-state index contributed by atoms with van der Waals surface area (Å²) in [6, 6.07) is 25.7. The van der Waals surface area contributed by atoms with Crippen LogP contribution in [0.4, 0.5) is 10.5 Å². The molecule has 30 heavy (non-hydrogen) atoms. The molecule has 0 aliphatic heterocycles. The van der Waals surface area contributed by atoms with Crippen molar-refractivity contribution in [3.8, 4) is 11.9 Å². The van der Waals surface area contributed by atoms with Gasteiger partial charge in [-0.15, -0.1) is 0 Å². The molecule has 150 valence electrons. The van der Waals surface area contributed by atoms with Crippen molar-refractivity contribution in [2.75, 3.05) is 0 Å². The highest BCUT2D eigenvalue weighted by atomic mass is 16.5. The lowest BCUT2D eigenvalue weighted by molar-refractivity contribution is 0.139. The second kappa shape index (κ2) is 10.9. The summed E-state index contributed by atoms with van der Waals surface area (Å²) in [5.41, 5.74) is 2.19. The van der Waals surface area contributed by atoms with Crippen molar-refractivity contribution in [3.05, 3.63) is 96.1 Å². The third kappa shape index (κ3) is 6.39. The zero-order chi connectivity index (χ0) is 21.0. The number of nitrogens with one attached hydrogen (secondary N) is 2. The molecule has 3 rings (SSSR count). The van der Waals surface area contributed by atoms with Crippen LogP contribution in [0.25, 0.3) is 0 Å². The predicted molar refractivity (Wildman–Crippen MR) is 113 cm³/mol. The maximum absolute atomic E-state index is 12.0.